The lowest BCUT2D eigenvalue weighted by atomic mass is 10.1. The molecule has 0 aliphatic heterocycles. The zero-order valence-electron chi connectivity index (χ0n) is 26.8. The van der Waals surface area contributed by atoms with Crippen molar-refractivity contribution in [3.8, 4) is 28.6 Å². The number of hydrogen-bond donors (Lipinski definition) is 0. The summed E-state index contributed by atoms with van der Waals surface area (Å²) in [5, 5.41) is 0. The highest BCUT2D eigenvalue weighted by Gasteiger charge is 2.15. The Hall–Kier alpha value is -4.74. The molecule has 0 amide bonds. The van der Waals surface area contributed by atoms with Gasteiger partial charge in [0.25, 0.3) is 10.1 Å². The average Bonchev–Trinajstić information content (AvgIpc) is 3.12. The summed E-state index contributed by atoms with van der Waals surface area (Å²) >= 11 is 0. The molecule has 250 valence electrons. The van der Waals surface area contributed by atoms with Gasteiger partial charge in [0.15, 0.2) is 0 Å². The van der Waals surface area contributed by atoms with Crippen molar-refractivity contribution in [1.82, 2.24) is 4.98 Å². The first-order valence-corrected chi connectivity index (χ1v) is 17.1. The molecule has 5 aromatic rings. The van der Waals surface area contributed by atoms with Gasteiger partial charge in [-0.3, -0.25) is 4.18 Å². The Kier molecular flexibility index (Phi) is 13.0. The predicted octanol–water partition coefficient (Wildman–Crippen LogP) is 7.03. The van der Waals surface area contributed by atoms with E-state index in [0.29, 0.717) is 57.2 Å². The third-order valence-corrected chi connectivity index (χ3v) is 8.42. The van der Waals surface area contributed by atoms with E-state index in [-0.39, 0.29) is 18.1 Å². The Bertz CT molecular complexity index is 1780. The Morgan fingerprint density at radius 1 is 0.562 bits per heavy atom. The lowest BCUT2D eigenvalue weighted by Crippen LogP contribution is -2.14. The fourth-order valence-electron chi connectivity index (χ4n) is 4.54. The molecule has 0 bridgehead atoms. The lowest BCUT2D eigenvalue weighted by molar-refractivity contribution is 0.0279. The first-order chi connectivity index (χ1) is 23.5. The van der Waals surface area contributed by atoms with E-state index < -0.39 is 10.1 Å². The van der Waals surface area contributed by atoms with Gasteiger partial charge in [-0.25, -0.2) is 0 Å². The van der Waals surface area contributed by atoms with Gasteiger partial charge >= 0.3 is 0 Å². The van der Waals surface area contributed by atoms with Crippen LogP contribution in [0, 0.1) is 6.92 Å². The minimum atomic E-state index is -3.80. The van der Waals surface area contributed by atoms with Gasteiger partial charge in [0.2, 0.25) is 11.8 Å². The number of aryl methyl sites for hydroxylation is 1. The van der Waals surface area contributed by atoms with Crippen LogP contribution in [0.1, 0.15) is 16.7 Å². The lowest BCUT2D eigenvalue weighted by Gasteiger charge is -2.14. The summed E-state index contributed by atoms with van der Waals surface area (Å²) in [4.78, 5) is 4.82. The maximum absolute atomic E-state index is 12.2. The van der Waals surface area contributed by atoms with E-state index in [0.717, 1.165) is 27.8 Å². The van der Waals surface area contributed by atoms with Crippen LogP contribution in [0.25, 0.3) is 11.1 Å². The van der Waals surface area contributed by atoms with Gasteiger partial charge in [-0.2, -0.15) is 13.4 Å². The fraction of sp³-hybridized carbons (Fsp3) is 0.237. The second kappa shape index (κ2) is 18.0. The van der Waals surface area contributed by atoms with Gasteiger partial charge in [-0.15, -0.1) is 0 Å². The molecule has 4 aromatic carbocycles. The van der Waals surface area contributed by atoms with Crippen LogP contribution in [0.3, 0.4) is 0 Å². The number of pyridine rings is 1. The van der Waals surface area contributed by atoms with Crippen LogP contribution >= 0.6 is 0 Å². The topological polar surface area (TPSA) is 102 Å². The van der Waals surface area contributed by atoms with E-state index in [1.807, 2.05) is 104 Å². The molecule has 10 heteroatoms. The molecule has 1 aromatic heterocycles. The summed E-state index contributed by atoms with van der Waals surface area (Å²) in [7, 11) is -3.80. The fourth-order valence-corrected chi connectivity index (χ4v) is 5.43. The van der Waals surface area contributed by atoms with Gasteiger partial charge in [0, 0.05) is 11.6 Å². The molecule has 0 radical (unpaired) electrons. The Labute approximate surface area is 282 Å². The Morgan fingerprint density at radius 2 is 1.15 bits per heavy atom. The summed E-state index contributed by atoms with van der Waals surface area (Å²) in [6.45, 7) is 4.11. The second-order valence-corrected chi connectivity index (χ2v) is 12.4. The minimum absolute atomic E-state index is 0.0712. The van der Waals surface area contributed by atoms with Gasteiger partial charge in [-0.1, -0.05) is 90.5 Å². The van der Waals surface area contributed by atoms with Crippen molar-refractivity contribution in [2.45, 2.75) is 25.0 Å². The minimum Gasteiger partial charge on any atom is -0.491 e. The molecule has 48 heavy (non-hydrogen) atoms. The molecular formula is C38H39NO8S. The van der Waals surface area contributed by atoms with Crippen molar-refractivity contribution in [2.75, 3.05) is 39.6 Å². The van der Waals surface area contributed by atoms with Crippen molar-refractivity contribution in [2.24, 2.45) is 0 Å². The van der Waals surface area contributed by atoms with Crippen LogP contribution in [0.5, 0.6) is 17.5 Å². The van der Waals surface area contributed by atoms with Crippen LogP contribution in [-0.4, -0.2) is 53.0 Å². The maximum Gasteiger partial charge on any atom is 0.297 e. The van der Waals surface area contributed by atoms with Crippen molar-refractivity contribution in [1.29, 1.82) is 0 Å². The molecule has 0 N–H and O–H groups in total. The molecule has 0 saturated heterocycles. The zero-order valence-corrected chi connectivity index (χ0v) is 27.6. The molecule has 0 fully saturated rings. The predicted molar refractivity (Wildman–Crippen MR) is 183 cm³/mol. The average molecular weight is 670 g/mol. The molecule has 0 spiro atoms. The van der Waals surface area contributed by atoms with Crippen LogP contribution in [-0.2, 0) is 37.0 Å². The zero-order chi connectivity index (χ0) is 33.4. The molecule has 0 aliphatic rings. The molecule has 0 saturated carbocycles. The van der Waals surface area contributed by atoms with Crippen molar-refractivity contribution in [3.63, 3.8) is 0 Å². The second-order valence-electron chi connectivity index (χ2n) is 10.7. The van der Waals surface area contributed by atoms with Crippen molar-refractivity contribution < 1.29 is 36.3 Å². The Balaban J connectivity index is 1.04. The van der Waals surface area contributed by atoms with E-state index in [4.69, 9.17) is 32.9 Å². The van der Waals surface area contributed by atoms with Crippen LogP contribution in [0.2, 0.25) is 0 Å². The van der Waals surface area contributed by atoms with E-state index in [2.05, 4.69) is 0 Å². The van der Waals surface area contributed by atoms with E-state index >= 15 is 0 Å². The van der Waals surface area contributed by atoms with E-state index in [1.165, 1.54) is 12.1 Å². The van der Waals surface area contributed by atoms with Crippen LogP contribution in [0.15, 0.2) is 126 Å². The number of rotatable bonds is 19. The van der Waals surface area contributed by atoms with E-state index in [1.54, 1.807) is 12.1 Å². The molecule has 9 nitrogen and oxygen atoms in total. The smallest absolute Gasteiger partial charge is 0.297 e. The van der Waals surface area contributed by atoms with Crippen molar-refractivity contribution in [3.05, 3.63) is 138 Å². The third kappa shape index (κ3) is 10.9. The SMILES string of the molecule is Cc1ccc(S(=O)(=O)OCCOCCOCCOc2ccc(-c3ccc(OCc4ccccc4)nc3OCc3ccccc3)cc2)cc1. The monoisotopic (exact) mass is 669 g/mol. The first-order valence-electron chi connectivity index (χ1n) is 15.7. The molecule has 0 unspecified atom stereocenters. The first kappa shape index (κ1) is 34.6. The molecule has 0 atom stereocenters. The number of benzene rings is 4. The standard InChI is InChI=1S/C38H39NO8S/c1-30-12-18-35(19-13-30)48(40,41)47-27-25-43-23-22-42-24-26-44-34-16-14-33(15-17-34)36-20-21-37(45-28-31-8-4-2-5-9-31)39-38(36)46-29-32-10-6-3-7-11-32/h2-21H,22-29H2,1H3. The summed E-state index contributed by atoms with van der Waals surface area (Å²) in [5.74, 6) is 1.66. The number of hydrogen-bond acceptors (Lipinski definition) is 9. The van der Waals surface area contributed by atoms with Crippen LogP contribution < -0.4 is 14.2 Å². The molecule has 5 rings (SSSR count). The normalized spacial score (nSPS) is 11.3. The van der Waals surface area contributed by atoms with Crippen molar-refractivity contribution >= 4 is 10.1 Å². The highest BCUT2D eigenvalue weighted by Crippen LogP contribution is 2.32. The van der Waals surface area contributed by atoms with Gasteiger partial charge in [0.05, 0.1) is 37.9 Å². The van der Waals surface area contributed by atoms with Crippen LogP contribution in [0.4, 0.5) is 0 Å². The molecule has 1 heterocycles. The summed E-state index contributed by atoms with van der Waals surface area (Å²) < 4.78 is 58.4. The maximum atomic E-state index is 12.2. The quantitative estimate of drug-likeness (QED) is 0.0677. The van der Waals surface area contributed by atoms with Gasteiger partial charge in [0.1, 0.15) is 25.6 Å². The van der Waals surface area contributed by atoms with Gasteiger partial charge < -0.3 is 23.7 Å². The summed E-state index contributed by atoms with van der Waals surface area (Å²) in [6, 6.07) is 37.9. The summed E-state index contributed by atoms with van der Waals surface area (Å²) in [5.41, 5.74) is 4.83. The largest absolute Gasteiger partial charge is 0.491 e. The highest BCUT2D eigenvalue weighted by atomic mass is 32.2. The third-order valence-electron chi connectivity index (χ3n) is 7.09. The molecular weight excluding hydrogens is 630 g/mol. The van der Waals surface area contributed by atoms with E-state index in [9.17, 15) is 8.42 Å². The summed E-state index contributed by atoms with van der Waals surface area (Å²) in [6.07, 6.45) is 0. The number of nitrogens with zero attached hydrogens (tertiary/aromatic N) is 1. The number of ether oxygens (including phenoxy) is 5. The van der Waals surface area contributed by atoms with Gasteiger partial charge in [-0.05, 0) is 53.9 Å². The number of aromatic nitrogens is 1. The molecule has 0 aliphatic carbocycles. The highest BCUT2D eigenvalue weighted by molar-refractivity contribution is 7.86. The Morgan fingerprint density at radius 3 is 1.79 bits per heavy atom.